The van der Waals surface area contributed by atoms with Crippen LogP contribution in [0.1, 0.15) is 12.8 Å². The zero-order valence-electron chi connectivity index (χ0n) is 10.9. The van der Waals surface area contributed by atoms with Gasteiger partial charge in [-0.3, -0.25) is 10.1 Å². The molecule has 5 nitrogen and oxygen atoms in total. The first-order chi connectivity index (χ1) is 9.11. The van der Waals surface area contributed by atoms with Gasteiger partial charge < -0.3 is 10.2 Å². The third-order valence-corrected chi connectivity index (χ3v) is 3.49. The summed E-state index contributed by atoms with van der Waals surface area (Å²) in [6.45, 7) is 2.50. The molecule has 1 aromatic rings. The summed E-state index contributed by atoms with van der Waals surface area (Å²) < 4.78 is 13.9. The molecule has 0 radical (unpaired) electrons. The molecule has 0 aromatic heterocycles. The Balaban J connectivity index is 2.15. The van der Waals surface area contributed by atoms with Gasteiger partial charge in [0.15, 0.2) is 5.82 Å². The molecule has 0 aliphatic carbocycles. The quantitative estimate of drug-likeness (QED) is 0.671. The molecule has 1 atom stereocenters. The lowest BCUT2D eigenvalue weighted by Gasteiger charge is -2.34. The largest absolute Gasteiger partial charge is 0.369 e. The average molecular weight is 267 g/mol. The number of piperidine rings is 1. The van der Waals surface area contributed by atoms with Crippen molar-refractivity contribution >= 4 is 11.4 Å². The Kier molecular flexibility index (Phi) is 4.31. The van der Waals surface area contributed by atoms with E-state index in [1.165, 1.54) is 12.1 Å². The third-order valence-electron chi connectivity index (χ3n) is 3.49. The molecule has 1 N–H and O–H groups in total. The van der Waals surface area contributed by atoms with Crippen molar-refractivity contribution in [2.75, 3.05) is 31.6 Å². The van der Waals surface area contributed by atoms with Gasteiger partial charge in [0.1, 0.15) is 0 Å². The second kappa shape index (κ2) is 5.97. The maximum atomic E-state index is 13.9. The topological polar surface area (TPSA) is 58.4 Å². The highest BCUT2D eigenvalue weighted by atomic mass is 19.1. The number of hydrogen-bond acceptors (Lipinski definition) is 4. The molecule has 1 saturated heterocycles. The molecule has 6 heteroatoms. The van der Waals surface area contributed by atoms with E-state index < -0.39 is 10.7 Å². The molecule has 1 fully saturated rings. The Bertz CT molecular complexity index is 465. The molecule has 1 aromatic carbocycles. The van der Waals surface area contributed by atoms with Gasteiger partial charge in [0.05, 0.1) is 16.7 Å². The highest BCUT2D eigenvalue weighted by Gasteiger charge is 2.22. The fourth-order valence-electron chi connectivity index (χ4n) is 2.60. The van der Waals surface area contributed by atoms with Crippen molar-refractivity contribution in [2.24, 2.45) is 5.92 Å². The summed E-state index contributed by atoms with van der Waals surface area (Å²) in [5.41, 5.74) is 0.261. The van der Waals surface area contributed by atoms with Crippen LogP contribution in [0.25, 0.3) is 0 Å². The van der Waals surface area contributed by atoms with Gasteiger partial charge in [-0.1, -0.05) is 0 Å². The number of nitro benzene ring substituents is 1. The Hall–Kier alpha value is -1.69. The van der Waals surface area contributed by atoms with Gasteiger partial charge in [-0.15, -0.1) is 0 Å². The summed E-state index contributed by atoms with van der Waals surface area (Å²) in [6, 6.07) is 3.87. The summed E-state index contributed by atoms with van der Waals surface area (Å²) in [7, 11) is 1.91. The monoisotopic (exact) mass is 267 g/mol. The van der Waals surface area contributed by atoms with E-state index in [1.807, 2.05) is 11.9 Å². The second-order valence-electron chi connectivity index (χ2n) is 4.90. The average Bonchev–Trinajstić information content (AvgIpc) is 2.39. The smallest absolute Gasteiger partial charge is 0.272 e. The fraction of sp³-hybridized carbons (Fsp3) is 0.538. The number of rotatable bonds is 4. The first-order valence-corrected chi connectivity index (χ1v) is 6.45. The summed E-state index contributed by atoms with van der Waals surface area (Å²) in [6.07, 6.45) is 2.15. The fourth-order valence-corrected chi connectivity index (χ4v) is 2.60. The summed E-state index contributed by atoms with van der Waals surface area (Å²) >= 11 is 0. The summed E-state index contributed by atoms with van der Waals surface area (Å²) in [5, 5.41) is 13.7. The highest BCUT2D eigenvalue weighted by molar-refractivity contribution is 5.52. The molecule has 0 bridgehead atoms. The van der Waals surface area contributed by atoms with Crippen molar-refractivity contribution < 1.29 is 9.31 Å². The SMILES string of the molecule is CNCC1CCCN(c2ccc([N+](=O)[O-])cc2F)C1. The molecule has 0 amide bonds. The number of benzene rings is 1. The zero-order chi connectivity index (χ0) is 13.8. The minimum Gasteiger partial charge on any atom is -0.369 e. The lowest BCUT2D eigenvalue weighted by atomic mass is 9.97. The molecule has 0 saturated carbocycles. The minimum atomic E-state index is -0.577. The summed E-state index contributed by atoms with van der Waals surface area (Å²) in [5.74, 6) is -0.0207. The number of halogens is 1. The lowest BCUT2D eigenvalue weighted by molar-refractivity contribution is -0.385. The van der Waals surface area contributed by atoms with Crippen molar-refractivity contribution in [2.45, 2.75) is 12.8 Å². The standard InChI is InChI=1S/C13H18FN3O2/c1-15-8-10-3-2-6-16(9-10)13-5-4-11(17(18)19)7-12(13)14/h4-5,7,10,15H,2-3,6,8-9H2,1H3. The normalized spacial score (nSPS) is 19.5. The second-order valence-corrected chi connectivity index (χ2v) is 4.90. The third kappa shape index (κ3) is 3.20. The van der Waals surface area contributed by atoms with E-state index in [2.05, 4.69) is 5.32 Å². The van der Waals surface area contributed by atoms with Gasteiger partial charge in [-0.25, -0.2) is 4.39 Å². The summed E-state index contributed by atoms with van der Waals surface area (Å²) in [4.78, 5) is 12.0. The van der Waals surface area contributed by atoms with Crippen LogP contribution in [0.15, 0.2) is 18.2 Å². The number of hydrogen-bond donors (Lipinski definition) is 1. The molecule has 104 valence electrons. The van der Waals surface area contributed by atoms with Crippen molar-refractivity contribution in [3.05, 3.63) is 34.1 Å². The van der Waals surface area contributed by atoms with Crippen molar-refractivity contribution in [1.82, 2.24) is 5.32 Å². The zero-order valence-corrected chi connectivity index (χ0v) is 10.9. The first-order valence-electron chi connectivity index (χ1n) is 6.45. The Morgan fingerprint density at radius 1 is 1.58 bits per heavy atom. The molecular weight excluding hydrogens is 249 g/mol. The van der Waals surface area contributed by atoms with Gasteiger partial charge in [0.2, 0.25) is 0 Å². The first kappa shape index (κ1) is 13.7. The van der Waals surface area contributed by atoms with Crippen LogP contribution < -0.4 is 10.2 Å². The van der Waals surface area contributed by atoms with Crippen molar-refractivity contribution in [3.63, 3.8) is 0 Å². The van der Waals surface area contributed by atoms with Crippen LogP contribution in [0, 0.1) is 21.8 Å². The number of anilines is 1. The van der Waals surface area contributed by atoms with E-state index in [4.69, 9.17) is 0 Å². The molecule has 0 spiro atoms. The van der Waals surface area contributed by atoms with Crippen LogP contribution >= 0.6 is 0 Å². The Morgan fingerprint density at radius 2 is 2.37 bits per heavy atom. The maximum Gasteiger partial charge on any atom is 0.272 e. The van der Waals surface area contributed by atoms with Crippen molar-refractivity contribution in [1.29, 1.82) is 0 Å². The predicted molar refractivity (Wildman–Crippen MR) is 71.9 cm³/mol. The van der Waals surface area contributed by atoms with E-state index in [-0.39, 0.29) is 5.69 Å². The molecule has 1 unspecified atom stereocenters. The molecule has 1 aliphatic rings. The van der Waals surface area contributed by atoms with Crippen LogP contribution in [-0.4, -0.2) is 31.6 Å². The molecule has 1 heterocycles. The van der Waals surface area contributed by atoms with E-state index in [1.54, 1.807) is 0 Å². The van der Waals surface area contributed by atoms with E-state index in [0.29, 0.717) is 11.6 Å². The molecule has 1 aliphatic heterocycles. The van der Waals surface area contributed by atoms with Gasteiger partial charge in [0.25, 0.3) is 5.69 Å². The lowest BCUT2D eigenvalue weighted by Crippen LogP contribution is -2.39. The van der Waals surface area contributed by atoms with Gasteiger partial charge in [0, 0.05) is 19.2 Å². The molecule has 19 heavy (non-hydrogen) atoms. The number of non-ortho nitro benzene ring substituents is 1. The van der Waals surface area contributed by atoms with Crippen molar-refractivity contribution in [3.8, 4) is 0 Å². The van der Waals surface area contributed by atoms with Crippen LogP contribution in [-0.2, 0) is 0 Å². The maximum absolute atomic E-state index is 13.9. The Morgan fingerprint density at radius 3 is 3.00 bits per heavy atom. The number of nitro groups is 1. The van der Waals surface area contributed by atoms with E-state index >= 15 is 0 Å². The van der Waals surface area contributed by atoms with Crippen LogP contribution in [0.5, 0.6) is 0 Å². The van der Waals surface area contributed by atoms with E-state index in [0.717, 1.165) is 38.5 Å². The Labute approximate surface area is 111 Å². The minimum absolute atomic E-state index is 0.204. The number of nitrogens with zero attached hydrogens (tertiary/aromatic N) is 2. The van der Waals surface area contributed by atoms with Crippen LogP contribution in [0.4, 0.5) is 15.8 Å². The van der Waals surface area contributed by atoms with Gasteiger partial charge in [-0.05, 0) is 38.4 Å². The number of nitrogens with one attached hydrogen (secondary N) is 1. The molecular formula is C13H18FN3O2. The van der Waals surface area contributed by atoms with Gasteiger partial charge in [-0.2, -0.15) is 0 Å². The van der Waals surface area contributed by atoms with E-state index in [9.17, 15) is 14.5 Å². The van der Waals surface area contributed by atoms with Crippen LogP contribution in [0.2, 0.25) is 0 Å². The van der Waals surface area contributed by atoms with Crippen LogP contribution in [0.3, 0.4) is 0 Å². The predicted octanol–water partition coefficient (Wildman–Crippen LogP) is 2.17. The van der Waals surface area contributed by atoms with Gasteiger partial charge >= 0.3 is 0 Å². The molecule has 2 rings (SSSR count). The highest BCUT2D eigenvalue weighted by Crippen LogP contribution is 2.28.